The van der Waals surface area contributed by atoms with Crippen molar-refractivity contribution < 1.29 is 14.4 Å². The van der Waals surface area contributed by atoms with Crippen LogP contribution in [0, 0.1) is 11.8 Å². The lowest BCUT2D eigenvalue weighted by molar-refractivity contribution is -0.140. The van der Waals surface area contributed by atoms with Gasteiger partial charge in [0.2, 0.25) is 17.7 Å². The maximum Gasteiger partial charge on any atom is 0.233 e. The van der Waals surface area contributed by atoms with E-state index in [0.717, 1.165) is 31.2 Å². The number of rotatable bonds is 5. The molecule has 1 saturated carbocycles. The second-order valence-corrected chi connectivity index (χ2v) is 6.81. The molecule has 1 aromatic rings. The van der Waals surface area contributed by atoms with Crippen LogP contribution in [-0.2, 0) is 20.9 Å². The highest BCUT2D eigenvalue weighted by atomic mass is 16.2. The molecule has 2 unspecified atom stereocenters. The van der Waals surface area contributed by atoms with E-state index in [1.807, 2.05) is 30.3 Å². The van der Waals surface area contributed by atoms with Crippen molar-refractivity contribution in [2.45, 2.75) is 38.6 Å². The Balaban J connectivity index is 1.54. The van der Waals surface area contributed by atoms with Gasteiger partial charge in [-0.25, -0.2) is 0 Å². The van der Waals surface area contributed by atoms with Crippen molar-refractivity contribution in [3.8, 4) is 0 Å². The van der Waals surface area contributed by atoms with Crippen molar-refractivity contribution in [3.05, 3.63) is 35.9 Å². The maximum absolute atomic E-state index is 12.4. The number of carbonyl (C=O) groups excluding carboxylic acids is 3. The molecule has 0 aromatic heterocycles. The molecule has 0 N–H and O–H groups in total. The summed E-state index contributed by atoms with van der Waals surface area (Å²) in [6, 6.07) is 9.77. The molecule has 24 heavy (non-hydrogen) atoms. The molecule has 2 aliphatic rings. The van der Waals surface area contributed by atoms with E-state index in [9.17, 15) is 14.4 Å². The Bertz CT molecular complexity index is 605. The smallest absolute Gasteiger partial charge is 0.233 e. The molecule has 1 aromatic carbocycles. The first-order valence-corrected chi connectivity index (χ1v) is 8.71. The van der Waals surface area contributed by atoms with Crippen LogP contribution in [0.15, 0.2) is 30.3 Å². The molecule has 3 amide bonds. The Labute approximate surface area is 142 Å². The van der Waals surface area contributed by atoms with E-state index < -0.39 is 0 Å². The molecule has 1 aliphatic carbocycles. The minimum atomic E-state index is -0.136. The molecule has 0 bridgehead atoms. The highest BCUT2D eigenvalue weighted by molar-refractivity contribution is 6.05. The summed E-state index contributed by atoms with van der Waals surface area (Å²) >= 11 is 0. The fraction of sp³-hybridized carbons (Fsp3) is 0.526. The van der Waals surface area contributed by atoms with Crippen molar-refractivity contribution >= 4 is 17.7 Å². The molecular formula is C19H24N2O3. The summed E-state index contributed by atoms with van der Waals surface area (Å²) in [5.41, 5.74) is 1.06. The van der Waals surface area contributed by atoms with Crippen LogP contribution in [0.5, 0.6) is 0 Å². The van der Waals surface area contributed by atoms with Gasteiger partial charge in [-0.3, -0.25) is 19.3 Å². The van der Waals surface area contributed by atoms with Crippen LogP contribution in [-0.4, -0.2) is 41.1 Å². The Hall–Kier alpha value is -2.17. The van der Waals surface area contributed by atoms with E-state index in [4.69, 9.17) is 0 Å². The molecule has 1 heterocycles. The fourth-order valence-electron chi connectivity index (χ4n) is 3.80. The molecule has 5 heteroatoms. The molecule has 3 rings (SSSR count). The minimum Gasteiger partial charge on any atom is -0.341 e. The largest absolute Gasteiger partial charge is 0.341 e. The number of hydrogen-bond donors (Lipinski definition) is 0. The van der Waals surface area contributed by atoms with Gasteiger partial charge in [0.1, 0.15) is 0 Å². The Morgan fingerprint density at radius 1 is 1.08 bits per heavy atom. The molecule has 128 valence electrons. The first kappa shape index (κ1) is 16.7. The van der Waals surface area contributed by atoms with Crippen molar-refractivity contribution in [3.63, 3.8) is 0 Å². The van der Waals surface area contributed by atoms with Gasteiger partial charge >= 0.3 is 0 Å². The van der Waals surface area contributed by atoms with Crippen molar-refractivity contribution in [2.75, 3.05) is 13.6 Å². The predicted molar refractivity (Wildman–Crippen MR) is 89.7 cm³/mol. The highest BCUT2D eigenvalue weighted by Gasteiger charge is 2.47. The zero-order chi connectivity index (χ0) is 17.1. The van der Waals surface area contributed by atoms with E-state index in [1.165, 1.54) is 4.90 Å². The minimum absolute atomic E-state index is 0.0469. The zero-order valence-corrected chi connectivity index (χ0v) is 14.1. The van der Waals surface area contributed by atoms with Crippen LogP contribution in [0.25, 0.3) is 0 Å². The number of hydrogen-bond acceptors (Lipinski definition) is 3. The van der Waals surface area contributed by atoms with Gasteiger partial charge in [-0.15, -0.1) is 0 Å². The van der Waals surface area contributed by atoms with Crippen LogP contribution in [0.4, 0.5) is 0 Å². The first-order valence-electron chi connectivity index (χ1n) is 8.71. The quantitative estimate of drug-likeness (QED) is 0.779. The van der Waals surface area contributed by atoms with Gasteiger partial charge in [0.25, 0.3) is 0 Å². The van der Waals surface area contributed by atoms with Crippen LogP contribution in [0.1, 0.15) is 37.7 Å². The summed E-state index contributed by atoms with van der Waals surface area (Å²) in [6.07, 6.45) is 3.86. The lowest BCUT2D eigenvalue weighted by Crippen LogP contribution is -2.36. The lowest BCUT2D eigenvalue weighted by atomic mass is 9.81. The summed E-state index contributed by atoms with van der Waals surface area (Å²) in [5.74, 6) is -0.451. The lowest BCUT2D eigenvalue weighted by Gasteiger charge is -2.20. The molecular weight excluding hydrogens is 304 g/mol. The number of amides is 3. The summed E-state index contributed by atoms with van der Waals surface area (Å²) < 4.78 is 0. The maximum atomic E-state index is 12.4. The van der Waals surface area contributed by atoms with Gasteiger partial charge in [0, 0.05) is 26.6 Å². The summed E-state index contributed by atoms with van der Waals surface area (Å²) in [7, 11) is 1.75. The van der Waals surface area contributed by atoms with E-state index in [2.05, 4.69) is 0 Å². The third kappa shape index (κ3) is 3.35. The SMILES string of the molecule is CN(Cc1ccccc1)C(=O)CCN1C(=O)C2CCCCC2C1=O. The molecule has 2 fully saturated rings. The molecule has 2 atom stereocenters. The number of carbonyl (C=O) groups is 3. The predicted octanol–water partition coefficient (Wildman–Crippen LogP) is 2.21. The summed E-state index contributed by atoms with van der Waals surface area (Å²) in [6.45, 7) is 0.745. The topological polar surface area (TPSA) is 57.7 Å². The summed E-state index contributed by atoms with van der Waals surface area (Å²) in [4.78, 5) is 40.1. The van der Waals surface area contributed by atoms with Crippen LogP contribution in [0.2, 0.25) is 0 Å². The van der Waals surface area contributed by atoms with Crippen molar-refractivity contribution in [1.82, 2.24) is 9.80 Å². The fourth-order valence-corrected chi connectivity index (χ4v) is 3.80. The molecule has 1 saturated heterocycles. The average Bonchev–Trinajstić information content (AvgIpc) is 2.85. The first-order chi connectivity index (χ1) is 11.6. The van der Waals surface area contributed by atoms with Gasteiger partial charge in [-0.2, -0.15) is 0 Å². The number of nitrogens with zero attached hydrogens (tertiary/aromatic N) is 2. The second kappa shape index (κ2) is 7.16. The second-order valence-electron chi connectivity index (χ2n) is 6.81. The molecule has 0 radical (unpaired) electrons. The van der Waals surface area contributed by atoms with Crippen LogP contribution >= 0.6 is 0 Å². The standard InChI is InChI=1S/C19H24N2O3/c1-20(13-14-7-3-2-4-8-14)17(22)11-12-21-18(23)15-9-5-6-10-16(15)19(21)24/h2-4,7-8,15-16H,5-6,9-13H2,1H3. The van der Waals surface area contributed by atoms with Gasteiger partial charge in [-0.1, -0.05) is 43.2 Å². The third-order valence-corrected chi connectivity index (χ3v) is 5.17. The zero-order valence-electron chi connectivity index (χ0n) is 14.1. The Morgan fingerprint density at radius 3 is 2.25 bits per heavy atom. The molecule has 5 nitrogen and oxygen atoms in total. The number of benzene rings is 1. The van der Waals surface area contributed by atoms with Gasteiger partial charge < -0.3 is 4.90 Å². The normalized spacial score (nSPS) is 23.3. The van der Waals surface area contributed by atoms with Crippen LogP contribution < -0.4 is 0 Å². The van der Waals surface area contributed by atoms with Crippen molar-refractivity contribution in [2.24, 2.45) is 11.8 Å². The summed E-state index contributed by atoms with van der Waals surface area (Å²) in [5, 5.41) is 0. The van der Waals surface area contributed by atoms with Gasteiger partial charge in [0.15, 0.2) is 0 Å². The Kier molecular flexibility index (Phi) is 4.97. The number of fused-ring (bicyclic) bond motifs is 1. The molecule has 1 aliphatic heterocycles. The average molecular weight is 328 g/mol. The Morgan fingerprint density at radius 2 is 1.67 bits per heavy atom. The van der Waals surface area contributed by atoms with Gasteiger partial charge in [0.05, 0.1) is 11.8 Å². The third-order valence-electron chi connectivity index (χ3n) is 5.17. The monoisotopic (exact) mass is 328 g/mol. The van der Waals surface area contributed by atoms with Crippen molar-refractivity contribution in [1.29, 1.82) is 0 Å². The highest BCUT2D eigenvalue weighted by Crippen LogP contribution is 2.37. The van der Waals surface area contributed by atoms with E-state index in [0.29, 0.717) is 6.54 Å². The molecule has 0 spiro atoms. The van der Waals surface area contributed by atoms with E-state index >= 15 is 0 Å². The number of likely N-dealkylation sites (tertiary alicyclic amines) is 1. The van der Waals surface area contributed by atoms with Crippen LogP contribution in [0.3, 0.4) is 0 Å². The van der Waals surface area contributed by atoms with Gasteiger partial charge in [-0.05, 0) is 18.4 Å². The van der Waals surface area contributed by atoms with E-state index in [1.54, 1.807) is 11.9 Å². The number of imide groups is 1. The van der Waals surface area contributed by atoms with E-state index in [-0.39, 0.29) is 42.5 Å².